The Kier molecular flexibility index (Phi) is 4.04. The van der Waals surface area contributed by atoms with Gasteiger partial charge in [0.2, 0.25) is 12.6 Å². The lowest BCUT2D eigenvalue weighted by molar-refractivity contribution is 0.174. The van der Waals surface area contributed by atoms with Crippen molar-refractivity contribution in [1.82, 2.24) is 23.1 Å². The molecule has 0 amide bonds. The van der Waals surface area contributed by atoms with Crippen LogP contribution in [0.3, 0.4) is 0 Å². The molecule has 33 heavy (non-hydrogen) atoms. The van der Waals surface area contributed by atoms with Gasteiger partial charge in [-0.25, -0.2) is 4.79 Å². The number of aromatic nitrogens is 5. The third-order valence-corrected chi connectivity index (χ3v) is 6.20. The van der Waals surface area contributed by atoms with Gasteiger partial charge < -0.3 is 9.47 Å². The number of hydrogen-bond acceptors (Lipinski definition) is 5. The van der Waals surface area contributed by atoms with Gasteiger partial charge in [0.1, 0.15) is 0 Å². The quantitative estimate of drug-likeness (QED) is 0.428. The molecule has 9 nitrogen and oxygen atoms in total. The molecule has 1 aliphatic heterocycles. The number of nitrogens with zero attached hydrogens (tertiary/aromatic N) is 5. The molecule has 0 saturated heterocycles. The van der Waals surface area contributed by atoms with Gasteiger partial charge in [-0.2, -0.15) is 4.98 Å². The van der Waals surface area contributed by atoms with Gasteiger partial charge >= 0.3 is 5.69 Å². The second-order valence-corrected chi connectivity index (χ2v) is 8.01. The highest BCUT2D eigenvalue weighted by molar-refractivity contribution is 5.81. The van der Waals surface area contributed by atoms with Crippen LogP contribution in [0.1, 0.15) is 12.6 Å². The van der Waals surface area contributed by atoms with E-state index in [1.165, 1.54) is 11.6 Å². The molecule has 0 saturated carbocycles. The number of fused-ring (bicyclic) bond motifs is 4. The fourth-order valence-electron chi connectivity index (χ4n) is 4.61. The normalized spacial score (nSPS) is 12.8. The highest BCUT2D eigenvalue weighted by Crippen LogP contribution is 2.38. The number of ether oxygens (including phenoxy) is 2. The Morgan fingerprint density at radius 1 is 0.970 bits per heavy atom. The van der Waals surface area contributed by atoms with Crippen LogP contribution >= 0.6 is 0 Å². The molecule has 1 aliphatic rings. The Morgan fingerprint density at radius 2 is 1.73 bits per heavy atom. The number of hydrogen-bond donors (Lipinski definition) is 0. The Hall–Kier alpha value is -4.27. The van der Waals surface area contributed by atoms with Crippen LogP contribution in [0.2, 0.25) is 0 Å². The topological polar surface area (TPSA) is 84.7 Å². The molecular weight excluding hydrogens is 422 g/mol. The summed E-state index contributed by atoms with van der Waals surface area (Å²) in [5, 5.41) is 0. The average molecular weight is 443 g/mol. The summed E-state index contributed by atoms with van der Waals surface area (Å²) in [6.07, 6.45) is 0.649. The maximum absolute atomic E-state index is 13.2. The van der Waals surface area contributed by atoms with Gasteiger partial charge in [-0.05, 0) is 18.6 Å². The van der Waals surface area contributed by atoms with E-state index in [0.29, 0.717) is 34.9 Å². The van der Waals surface area contributed by atoms with Crippen molar-refractivity contribution in [3.63, 3.8) is 0 Å². The molecule has 3 aromatic heterocycles. The monoisotopic (exact) mass is 443 g/mol. The summed E-state index contributed by atoms with van der Waals surface area (Å²) >= 11 is 0. The Balaban J connectivity index is 1.83. The van der Waals surface area contributed by atoms with E-state index in [2.05, 4.69) is 0 Å². The van der Waals surface area contributed by atoms with Crippen LogP contribution in [0.25, 0.3) is 33.9 Å². The third-order valence-electron chi connectivity index (χ3n) is 6.20. The molecule has 0 spiro atoms. The highest BCUT2D eigenvalue weighted by Gasteiger charge is 2.27. The molecule has 0 radical (unpaired) electrons. The molecule has 166 valence electrons. The van der Waals surface area contributed by atoms with Crippen LogP contribution in [-0.2, 0) is 20.5 Å². The van der Waals surface area contributed by atoms with Crippen molar-refractivity contribution in [3.05, 3.63) is 75.1 Å². The first-order valence-electron chi connectivity index (χ1n) is 10.7. The molecule has 0 atom stereocenters. The van der Waals surface area contributed by atoms with Crippen molar-refractivity contribution in [1.29, 1.82) is 0 Å². The second-order valence-electron chi connectivity index (χ2n) is 8.01. The number of rotatable bonds is 3. The van der Waals surface area contributed by atoms with E-state index in [1.54, 1.807) is 7.05 Å². The summed E-state index contributed by atoms with van der Waals surface area (Å²) in [5.41, 5.74) is 3.60. The first kappa shape index (κ1) is 19.4. The lowest BCUT2D eigenvalue weighted by Gasteiger charge is -2.12. The molecule has 0 N–H and O–H groups in total. The van der Waals surface area contributed by atoms with Crippen LogP contribution in [0.5, 0.6) is 11.5 Å². The lowest BCUT2D eigenvalue weighted by Crippen LogP contribution is -2.37. The number of imidazole rings is 2. The highest BCUT2D eigenvalue weighted by atomic mass is 16.7. The minimum atomic E-state index is -0.413. The summed E-state index contributed by atoms with van der Waals surface area (Å²) < 4.78 is 17.5. The van der Waals surface area contributed by atoms with E-state index in [-0.39, 0.29) is 12.4 Å². The molecule has 0 aliphatic carbocycles. The predicted octanol–water partition coefficient (Wildman–Crippen LogP) is 2.63. The minimum absolute atomic E-state index is 0.178. The molecule has 9 heteroatoms. The SMILES string of the molecule is CCc1c(-c2ccccc2)n(-c2ccc3c(c2)OCO3)c2nc3c(c(=O)n(C)c(=O)n3C)n12. The fraction of sp³-hybridized carbons (Fsp3) is 0.208. The van der Waals surface area contributed by atoms with Crippen molar-refractivity contribution in [3.8, 4) is 28.4 Å². The first-order valence-corrected chi connectivity index (χ1v) is 10.7. The first-order chi connectivity index (χ1) is 16.0. The van der Waals surface area contributed by atoms with Crippen LogP contribution in [0.4, 0.5) is 0 Å². The van der Waals surface area contributed by atoms with Gasteiger partial charge in [-0.3, -0.25) is 22.9 Å². The van der Waals surface area contributed by atoms with Gasteiger partial charge in [0.15, 0.2) is 22.7 Å². The average Bonchev–Trinajstić information content (AvgIpc) is 3.53. The van der Waals surface area contributed by atoms with Crippen LogP contribution < -0.4 is 20.7 Å². The zero-order valence-corrected chi connectivity index (χ0v) is 18.4. The van der Waals surface area contributed by atoms with Crippen molar-refractivity contribution < 1.29 is 9.47 Å². The molecular formula is C24H21N5O4. The van der Waals surface area contributed by atoms with Gasteiger partial charge in [0.05, 0.1) is 17.1 Å². The maximum Gasteiger partial charge on any atom is 0.332 e. The third kappa shape index (κ3) is 2.56. The fourth-order valence-corrected chi connectivity index (χ4v) is 4.61. The zero-order valence-electron chi connectivity index (χ0n) is 18.4. The Labute approximate surface area is 187 Å². The second kappa shape index (κ2) is 6.86. The van der Waals surface area contributed by atoms with Crippen LogP contribution in [0, 0.1) is 0 Å². The van der Waals surface area contributed by atoms with Crippen molar-refractivity contribution in [2.45, 2.75) is 13.3 Å². The molecule has 2 aromatic carbocycles. The summed E-state index contributed by atoms with van der Waals surface area (Å²) in [5.74, 6) is 1.89. The maximum atomic E-state index is 13.2. The summed E-state index contributed by atoms with van der Waals surface area (Å²) in [4.78, 5) is 30.6. The van der Waals surface area contributed by atoms with Crippen molar-refractivity contribution >= 4 is 16.9 Å². The molecule has 0 unspecified atom stereocenters. The van der Waals surface area contributed by atoms with E-state index >= 15 is 0 Å². The summed E-state index contributed by atoms with van der Waals surface area (Å²) in [7, 11) is 3.12. The van der Waals surface area contributed by atoms with E-state index in [4.69, 9.17) is 14.5 Å². The smallest absolute Gasteiger partial charge is 0.332 e. The van der Waals surface area contributed by atoms with E-state index in [9.17, 15) is 9.59 Å². The van der Waals surface area contributed by atoms with Crippen LogP contribution in [0.15, 0.2) is 58.1 Å². The minimum Gasteiger partial charge on any atom is -0.454 e. The molecule has 4 heterocycles. The molecule has 5 aromatic rings. The summed E-state index contributed by atoms with van der Waals surface area (Å²) in [6, 6.07) is 15.7. The molecule has 0 bridgehead atoms. The standard InChI is InChI=1S/C24H21N5O4/c1-4-16-19(14-8-6-5-7-9-14)28(15-10-11-17-18(12-15)33-13-32-17)23-25-21-20(29(16)23)22(30)27(3)24(31)26(21)2/h5-12H,4,13H2,1-3H3. The Morgan fingerprint density at radius 3 is 2.48 bits per heavy atom. The van der Waals surface area contributed by atoms with Crippen LogP contribution in [-0.4, -0.2) is 29.9 Å². The van der Waals surface area contributed by atoms with E-state index in [0.717, 1.165) is 27.2 Å². The van der Waals surface area contributed by atoms with Gasteiger partial charge in [0, 0.05) is 25.7 Å². The van der Waals surface area contributed by atoms with Gasteiger partial charge in [0.25, 0.3) is 5.56 Å². The predicted molar refractivity (Wildman–Crippen MR) is 123 cm³/mol. The molecule has 0 fully saturated rings. The number of benzene rings is 2. The largest absolute Gasteiger partial charge is 0.454 e. The lowest BCUT2D eigenvalue weighted by atomic mass is 10.1. The Bertz CT molecular complexity index is 1690. The summed E-state index contributed by atoms with van der Waals surface area (Å²) in [6.45, 7) is 2.22. The van der Waals surface area contributed by atoms with Gasteiger partial charge in [-0.15, -0.1) is 0 Å². The number of aryl methyl sites for hydroxylation is 2. The molecule has 6 rings (SSSR count). The van der Waals surface area contributed by atoms with Crippen molar-refractivity contribution in [2.75, 3.05) is 6.79 Å². The van der Waals surface area contributed by atoms with Gasteiger partial charge in [-0.1, -0.05) is 37.3 Å². The van der Waals surface area contributed by atoms with E-state index in [1.807, 2.05) is 64.4 Å². The zero-order chi connectivity index (χ0) is 22.9. The van der Waals surface area contributed by atoms with Crippen molar-refractivity contribution in [2.24, 2.45) is 14.1 Å². The van der Waals surface area contributed by atoms with E-state index < -0.39 is 5.69 Å².